The van der Waals surface area contributed by atoms with Crippen LogP contribution in [0, 0.1) is 5.82 Å². The first kappa shape index (κ1) is 12.8. The molecule has 0 aliphatic heterocycles. The predicted octanol–water partition coefficient (Wildman–Crippen LogP) is 1.02. The van der Waals surface area contributed by atoms with Gasteiger partial charge < -0.3 is 15.2 Å². The van der Waals surface area contributed by atoms with Crippen LogP contribution in [0.2, 0.25) is 0 Å². The lowest BCUT2D eigenvalue weighted by Crippen LogP contribution is -2.47. The Labute approximate surface area is 105 Å². The molecule has 4 nitrogen and oxygen atoms in total. The topological polar surface area (TPSA) is 58.6 Å². The number of rotatable bonds is 4. The zero-order valence-electron chi connectivity index (χ0n) is 10.1. The number of benzene rings is 1. The molecule has 0 bridgehead atoms. The number of hydrogen-bond acceptors (Lipinski definition) is 3. The quantitative estimate of drug-likeness (QED) is 0.842. The summed E-state index contributed by atoms with van der Waals surface area (Å²) in [7, 11) is 1.40. The van der Waals surface area contributed by atoms with Gasteiger partial charge in [-0.05, 0) is 30.5 Å². The third kappa shape index (κ3) is 2.98. The van der Waals surface area contributed by atoms with Crippen LogP contribution in [0.1, 0.15) is 18.4 Å². The molecule has 18 heavy (non-hydrogen) atoms. The second-order valence-corrected chi connectivity index (χ2v) is 4.54. The van der Waals surface area contributed by atoms with Crippen LogP contribution in [0.3, 0.4) is 0 Å². The molecule has 1 saturated carbocycles. The van der Waals surface area contributed by atoms with Crippen LogP contribution in [-0.4, -0.2) is 30.3 Å². The highest BCUT2D eigenvalue weighted by Gasteiger charge is 2.28. The number of nitrogens with one attached hydrogen (secondary N) is 1. The maximum Gasteiger partial charge on any atom is 0.224 e. The number of carbonyl (C=O) groups excluding carboxylic acids is 1. The number of aliphatic hydroxyl groups excluding tert-OH is 1. The Morgan fingerprint density at radius 2 is 2.28 bits per heavy atom. The summed E-state index contributed by atoms with van der Waals surface area (Å²) in [5, 5.41) is 11.9. The molecule has 1 amide bonds. The number of hydrogen-bond donors (Lipinski definition) is 2. The molecular weight excluding hydrogens is 237 g/mol. The van der Waals surface area contributed by atoms with Crippen LogP contribution in [0.15, 0.2) is 18.2 Å². The molecule has 2 N–H and O–H groups in total. The summed E-state index contributed by atoms with van der Waals surface area (Å²) >= 11 is 0. The van der Waals surface area contributed by atoms with Gasteiger partial charge in [-0.3, -0.25) is 4.79 Å². The number of methoxy groups -OCH3 is 1. The number of halogens is 1. The second kappa shape index (κ2) is 5.35. The molecule has 5 heteroatoms. The van der Waals surface area contributed by atoms with E-state index in [1.165, 1.54) is 19.2 Å². The van der Waals surface area contributed by atoms with E-state index in [2.05, 4.69) is 5.32 Å². The van der Waals surface area contributed by atoms with Crippen molar-refractivity contribution >= 4 is 5.91 Å². The first-order valence-corrected chi connectivity index (χ1v) is 5.88. The molecule has 0 heterocycles. The third-order valence-electron chi connectivity index (χ3n) is 3.06. The van der Waals surface area contributed by atoms with Crippen molar-refractivity contribution < 1.29 is 19.0 Å². The number of aliphatic hydroxyl groups is 1. The molecule has 1 fully saturated rings. The van der Waals surface area contributed by atoms with Gasteiger partial charge in [0, 0.05) is 6.04 Å². The van der Waals surface area contributed by atoms with E-state index in [0.717, 1.165) is 0 Å². The minimum absolute atomic E-state index is 0.0515. The van der Waals surface area contributed by atoms with E-state index < -0.39 is 5.82 Å². The van der Waals surface area contributed by atoms with E-state index in [1.54, 1.807) is 6.07 Å². The molecule has 0 aromatic heterocycles. The summed E-state index contributed by atoms with van der Waals surface area (Å²) < 4.78 is 18.2. The molecule has 1 aromatic rings. The highest BCUT2D eigenvalue weighted by molar-refractivity contribution is 5.79. The Kier molecular flexibility index (Phi) is 3.81. The smallest absolute Gasteiger partial charge is 0.224 e. The van der Waals surface area contributed by atoms with Crippen molar-refractivity contribution in [2.24, 2.45) is 0 Å². The van der Waals surface area contributed by atoms with Crippen molar-refractivity contribution in [3.8, 4) is 5.75 Å². The van der Waals surface area contributed by atoms with Crippen molar-refractivity contribution in [2.45, 2.75) is 31.4 Å². The fourth-order valence-corrected chi connectivity index (χ4v) is 1.99. The van der Waals surface area contributed by atoms with Gasteiger partial charge in [0.25, 0.3) is 0 Å². The molecule has 0 atom stereocenters. The van der Waals surface area contributed by atoms with Crippen LogP contribution in [-0.2, 0) is 11.2 Å². The van der Waals surface area contributed by atoms with Gasteiger partial charge >= 0.3 is 0 Å². The second-order valence-electron chi connectivity index (χ2n) is 4.54. The molecule has 2 rings (SSSR count). The monoisotopic (exact) mass is 253 g/mol. The normalized spacial score (nSPS) is 22.2. The third-order valence-corrected chi connectivity index (χ3v) is 3.06. The van der Waals surface area contributed by atoms with Crippen molar-refractivity contribution in [3.63, 3.8) is 0 Å². The first-order chi connectivity index (χ1) is 8.58. The van der Waals surface area contributed by atoms with Crippen LogP contribution in [0.4, 0.5) is 4.39 Å². The fraction of sp³-hybridized carbons (Fsp3) is 0.462. The maximum atomic E-state index is 13.4. The van der Waals surface area contributed by atoms with Crippen molar-refractivity contribution in [3.05, 3.63) is 29.6 Å². The van der Waals surface area contributed by atoms with Crippen LogP contribution < -0.4 is 10.1 Å². The lowest BCUT2D eigenvalue weighted by Gasteiger charge is -2.31. The van der Waals surface area contributed by atoms with E-state index in [-0.39, 0.29) is 30.2 Å². The summed E-state index contributed by atoms with van der Waals surface area (Å²) in [5.41, 5.74) is 0.602. The Bertz CT molecular complexity index is 444. The lowest BCUT2D eigenvalue weighted by molar-refractivity contribution is -0.122. The van der Waals surface area contributed by atoms with E-state index in [1.807, 2.05) is 0 Å². The molecule has 1 aliphatic carbocycles. The zero-order valence-corrected chi connectivity index (χ0v) is 10.1. The largest absolute Gasteiger partial charge is 0.494 e. The predicted molar refractivity (Wildman–Crippen MR) is 63.8 cm³/mol. The van der Waals surface area contributed by atoms with Gasteiger partial charge in [0.1, 0.15) is 0 Å². The SMILES string of the molecule is COc1ccc(CC(=O)NC2CC(O)C2)cc1F. The van der Waals surface area contributed by atoms with Gasteiger partial charge in [-0.15, -0.1) is 0 Å². The Balaban J connectivity index is 1.88. The Morgan fingerprint density at radius 3 is 2.83 bits per heavy atom. The highest BCUT2D eigenvalue weighted by Crippen LogP contribution is 2.20. The van der Waals surface area contributed by atoms with Crippen LogP contribution in [0.25, 0.3) is 0 Å². The van der Waals surface area contributed by atoms with Crippen molar-refractivity contribution in [1.82, 2.24) is 5.32 Å². The number of carbonyl (C=O) groups is 1. The first-order valence-electron chi connectivity index (χ1n) is 5.88. The minimum Gasteiger partial charge on any atom is -0.494 e. The average Bonchev–Trinajstić information content (AvgIpc) is 2.27. The Hall–Kier alpha value is -1.62. The summed E-state index contributed by atoms with van der Waals surface area (Å²) in [6, 6.07) is 4.52. The van der Waals surface area contributed by atoms with Crippen molar-refractivity contribution in [2.75, 3.05) is 7.11 Å². The average molecular weight is 253 g/mol. The van der Waals surface area contributed by atoms with E-state index >= 15 is 0 Å². The summed E-state index contributed by atoms with van der Waals surface area (Å²) in [5.74, 6) is -0.459. The minimum atomic E-state index is -0.470. The highest BCUT2D eigenvalue weighted by atomic mass is 19.1. The number of ether oxygens (including phenoxy) is 1. The lowest BCUT2D eigenvalue weighted by atomic mass is 9.89. The molecule has 0 spiro atoms. The van der Waals surface area contributed by atoms with Gasteiger partial charge in [-0.2, -0.15) is 0 Å². The van der Waals surface area contributed by atoms with E-state index in [9.17, 15) is 9.18 Å². The molecule has 0 unspecified atom stereocenters. The van der Waals surface area contributed by atoms with Gasteiger partial charge in [0.05, 0.1) is 19.6 Å². The maximum absolute atomic E-state index is 13.4. The van der Waals surface area contributed by atoms with Crippen LogP contribution in [0.5, 0.6) is 5.75 Å². The number of amides is 1. The summed E-state index contributed by atoms with van der Waals surface area (Å²) in [6.45, 7) is 0. The molecule has 0 radical (unpaired) electrons. The van der Waals surface area contributed by atoms with Gasteiger partial charge in [-0.1, -0.05) is 6.07 Å². The fourth-order valence-electron chi connectivity index (χ4n) is 1.99. The van der Waals surface area contributed by atoms with Gasteiger partial charge in [-0.25, -0.2) is 4.39 Å². The molecule has 1 aromatic carbocycles. The summed E-state index contributed by atoms with van der Waals surface area (Å²) in [6.07, 6.45) is 1.03. The zero-order chi connectivity index (χ0) is 13.1. The van der Waals surface area contributed by atoms with Gasteiger partial charge in [0.15, 0.2) is 11.6 Å². The molecular formula is C13H16FNO3. The van der Waals surface area contributed by atoms with Crippen LogP contribution >= 0.6 is 0 Å². The van der Waals surface area contributed by atoms with E-state index in [4.69, 9.17) is 9.84 Å². The molecule has 0 saturated heterocycles. The molecule has 98 valence electrons. The molecule has 1 aliphatic rings. The van der Waals surface area contributed by atoms with Gasteiger partial charge in [0.2, 0.25) is 5.91 Å². The summed E-state index contributed by atoms with van der Waals surface area (Å²) in [4.78, 5) is 11.6. The van der Waals surface area contributed by atoms with Crippen molar-refractivity contribution in [1.29, 1.82) is 0 Å². The standard InChI is InChI=1S/C13H16FNO3/c1-18-12-3-2-8(4-11(12)14)5-13(17)15-9-6-10(16)7-9/h2-4,9-10,16H,5-7H2,1H3,(H,15,17). The Morgan fingerprint density at radius 1 is 1.56 bits per heavy atom. The van der Waals surface area contributed by atoms with E-state index in [0.29, 0.717) is 18.4 Å².